The van der Waals surface area contributed by atoms with Gasteiger partial charge in [0.1, 0.15) is 17.5 Å². The van der Waals surface area contributed by atoms with Gasteiger partial charge in [-0.3, -0.25) is 0 Å². The van der Waals surface area contributed by atoms with Gasteiger partial charge in [0.05, 0.1) is 15.5 Å². The molecule has 2 aromatic heterocycles. The molecule has 1 atom stereocenters. The highest BCUT2D eigenvalue weighted by Crippen LogP contribution is 2.46. The Bertz CT molecular complexity index is 1200. The molecule has 3 heterocycles. The predicted octanol–water partition coefficient (Wildman–Crippen LogP) is 6.14. The van der Waals surface area contributed by atoms with Gasteiger partial charge in [-0.15, -0.1) is 11.8 Å². The number of rotatable bonds is 5. The summed E-state index contributed by atoms with van der Waals surface area (Å²) in [5.41, 5.74) is 6.24. The number of nitrogen functional groups attached to an aromatic ring is 1. The number of halogens is 5. The van der Waals surface area contributed by atoms with Crippen molar-refractivity contribution in [2.75, 3.05) is 43.9 Å². The molecule has 11 heteroatoms. The van der Waals surface area contributed by atoms with Gasteiger partial charge < -0.3 is 15.5 Å². The lowest BCUT2D eigenvalue weighted by Crippen LogP contribution is -2.44. The molecule has 0 radical (unpaired) electrons. The summed E-state index contributed by atoms with van der Waals surface area (Å²) in [7, 11) is 2.09. The Morgan fingerprint density at radius 1 is 1.03 bits per heavy atom. The van der Waals surface area contributed by atoms with Crippen LogP contribution in [0.2, 0.25) is 5.02 Å². The minimum Gasteiger partial charge on any atom is -0.383 e. The molecule has 2 N–H and O–H groups in total. The summed E-state index contributed by atoms with van der Waals surface area (Å²) in [5.74, 6) is 0.135. The maximum atomic E-state index is 14.0. The number of nitrogens with zero attached hydrogens (tertiary/aromatic N) is 4. The summed E-state index contributed by atoms with van der Waals surface area (Å²) in [6, 6.07) is 7.04. The third-order valence-corrected chi connectivity index (χ3v) is 7.49. The molecule has 1 fully saturated rings. The fourth-order valence-electron chi connectivity index (χ4n) is 3.95. The van der Waals surface area contributed by atoms with Crippen LogP contribution >= 0.6 is 23.4 Å². The number of likely N-dealkylation sites (N-methyl/N-ethyl adjacent to an activating group) is 1. The zero-order valence-electron chi connectivity index (χ0n) is 19.1. The lowest BCUT2D eigenvalue weighted by Gasteiger charge is -2.33. The maximum Gasteiger partial charge on any atom is 0.416 e. The van der Waals surface area contributed by atoms with Crippen LogP contribution in [0, 0.1) is 5.82 Å². The van der Waals surface area contributed by atoms with Crippen LogP contribution in [-0.4, -0.2) is 48.1 Å². The van der Waals surface area contributed by atoms with Crippen LogP contribution < -0.4 is 10.6 Å². The van der Waals surface area contributed by atoms with Crippen molar-refractivity contribution in [1.82, 2.24) is 14.9 Å². The molecule has 3 aromatic rings. The van der Waals surface area contributed by atoms with E-state index in [2.05, 4.69) is 26.8 Å². The fourth-order valence-corrected chi connectivity index (χ4v) is 5.45. The average molecular weight is 526 g/mol. The van der Waals surface area contributed by atoms with E-state index in [0.717, 1.165) is 55.4 Å². The zero-order chi connectivity index (χ0) is 25.3. The molecule has 1 unspecified atom stereocenters. The molecule has 1 aromatic carbocycles. The minimum atomic E-state index is -4.68. The molecule has 0 aliphatic carbocycles. The Labute approximate surface area is 210 Å². The molecule has 0 saturated carbocycles. The second-order valence-corrected chi connectivity index (χ2v) is 10.1. The lowest BCUT2D eigenvalue weighted by atomic mass is 10.0. The van der Waals surface area contributed by atoms with Gasteiger partial charge in [0, 0.05) is 54.9 Å². The smallest absolute Gasteiger partial charge is 0.383 e. The topological polar surface area (TPSA) is 58.3 Å². The molecule has 1 saturated heterocycles. The van der Waals surface area contributed by atoms with Crippen LogP contribution in [0.25, 0.3) is 11.1 Å². The SMILES string of the molecule is CC(Sc1cc(-c2ccc(N3CCN(C)CC3)nc2)cnc1N)c1c(C(F)(F)F)ccc(F)c1Cl. The van der Waals surface area contributed by atoms with Crippen molar-refractivity contribution < 1.29 is 17.6 Å². The van der Waals surface area contributed by atoms with Crippen LogP contribution in [0.15, 0.2) is 47.6 Å². The second kappa shape index (κ2) is 10.2. The van der Waals surface area contributed by atoms with Crippen molar-refractivity contribution in [2.45, 2.75) is 23.2 Å². The number of benzene rings is 1. The summed E-state index contributed by atoms with van der Waals surface area (Å²) in [5, 5.41) is -1.39. The van der Waals surface area contributed by atoms with E-state index >= 15 is 0 Å². The molecule has 0 spiro atoms. The summed E-state index contributed by atoms with van der Waals surface area (Å²) >= 11 is 7.01. The largest absolute Gasteiger partial charge is 0.416 e. The van der Waals surface area contributed by atoms with Crippen molar-refractivity contribution >= 4 is 35.0 Å². The number of hydrogen-bond acceptors (Lipinski definition) is 6. The molecular formula is C24H24ClF4N5S. The van der Waals surface area contributed by atoms with Gasteiger partial charge in [0.15, 0.2) is 0 Å². The van der Waals surface area contributed by atoms with Crippen LogP contribution in [0.5, 0.6) is 0 Å². The van der Waals surface area contributed by atoms with E-state index in [-0.39, 0.29) is 11.4 Å². The summed E-state index contributed by atoms with van der Waals surface area (Å²) in [6.45, 7) is 5.25. The van der Waals surface area contributed by atoms with Crippen LogP contribution in [0.4, 0.5) is 29.2 Å². The van der Waals surface area contributed by atoms with E-state index in [1.165, 1.54) is 6.92 Å². The Balaban J connectivity index is 1.59. The molecule has 35 heavy (non-hydrogen) atoms. The number of hydrogen-bond donors (Lipinski definition) is 1. The Morgan fingerprint density at radius 3 is 2.34 bits per heavy atom. The lowest BCUT2D eigenvalue weighted by molar-refractivity contribution is -0.138. The molecular weight excluding hydrogens is 502 g/mol. The van der Waals surface area contributed by atoms with Gasteiger partial charge in [-0.25, -0.2) is 14.4 Å². The van der Waals surface area contributed by atoms with Gasteiger partial charge in [-0.2, -0.15) is 13.2 Å². The molecule has 5 nitrogen and oxygen atoms in total. The number of pyridine rings is 2. The third-order valence-electron chi connectivity index (χ3n) is 5.94. The highest BCUT2D eigenvalue weighted by Gasteiger charge is 2.36. The highest BCUT2D eigenvalue weighted by molar-refractivity contribution is 7.99. The van der Waals surface area contributed by atoms with Crippen LogP contribution in [-0.2, 0) is 6.18 Å². The number of piperazine rings is 1. The zero-order valence-corrected chi connectivity index (χ0v) is 20.7. The Kier molecular flexibility index (Phi) is 7.44. The number of anilines is 2. The summed E-state index contributed by atoms with van der Waals surface area (Å²) in [4.78, 5) is 13.7. The summed E-state index contributed by atoms with van der Waals surface area (Å²) in [6.07, 6.45) is -1.35. The first-order chi connectivity index (χ1) is 16.5. The maximum absolute atomic E-state index is 14.0. The first-order valence-corrected chi connectivity index (χ1v) is 12.2. The monoisotopic (exact) mass is 525 g/mol. The van der Waals surface area contributed by atoms with E-state index in [1.54, 1.807) is 18.5 Å². The van der Waals surface area contributed by atoms with Crippen molar-refractivity contribution in [3.63, 3.8) is 0 Å². The minimum absolute atomic E-state index is 0.161. The standard InChI is InChI=1S/C24H24ClF4N5S/c1-14(21-17(24(27,28)29)4-5-18(26)22(21)25)35-19-11-16(13-32-23(19)30)15-3-6-20(31-12-15)34-9-7-33(2)8-10-34/h3-6,11-14H,7-10H2,1-2H3,(H2,30,32). The third kappa shape index (κ3) is 5.65. The quantitative estimate of drug-likeness (QED) is 0.319. The van der Waals surface area contributed by atoms with E-state index in [1.807, 2.05) is 12.1 Å². The second-order valence-electron chi connectivity index (χ2n) is 8.38. The fraction of sp³-hybridized carbons (Fsp3) is 0.333. The van der Waals surface area contributed by atoms with Crippen LogP contribution in [0.3, 0.4) is 0 Å². The number of aromatic nitrogens is 2. The van der Waals surface area contributed by atoms with Crippen molar-refractivity contribution in [3.05, 3.63) is 64.7 Å². The van der Waals surface area contributed by atoms with E-state index in [4.69, 9.17) is 17.3 Å². The van der Waals surface area contributed by atoms with E-state index in [0.29, 0.717) is 16.5 Å². The van der Waals surface area contributed by atoms with Crippen molar-refractivity contribution in [1.29, 1.82) is 0 Å². The molecule has 0 amide bonds. The average Bonchev–Trinajstić information content (AvgIpc) is 2.82. The van der Waals surface area contributed by atoms with Gasteiger partial charge in [-0.1, -0.05) is 11.6 Å². The molecule has 0 bridgehead atoms. The van der Waals surface area contributed by atoms with Crippen LogP contribution in [0.1, 0.15) is 23.3 Å². The molecule has 1 aliphatic rings. The number of thioether (sulfide) groups is 1. The number of alkyl halides is 3. The molecule has 4 rings (SSSR count). The van der Waals surface area contributed by atoms with E-state index < -0.39 is 27.8 Å². The molecule has 1 aliphatic heterocycles. The van der Waals surface area contributed by atoms with E-state index in [9.17, 15) is 17.6 Å². The van der Waals surface area contributed by atoms with Gasteiger partial charge >= 0.3 is 6.18 Å². The predicted molar refractivity (Wildman–Crippen MR) is 132 cm³/mol. The van der Waals surface area contributed by atoms with Gasteiger partial charge in [0.2, 0.25) is 0 Å². The first-order valence-electron chi connectivity index (χ1n) is 10.9. The first kappa shape index (κ1) is 25.5. The normalized spacial score (nSPS) is 15.9. The number of nitrogens with two attached hydrogens (primary N) is 1. The summed E-state index contributed by atoms with van der Waals surface area (Å²) < 4.78 is 54.7. The Morgan fingerprint density at radius 2 is 1.71 bits per heavy atom. The van der Waals surface area contributed by atoms with Crippen molar-refractivity contribution in [3.8, 4) is 11.1 Å². The van der Waals surface area contributed by atoms with Crippen molar-refractivity contribution in [2.24, 2.45) is 0 Å². The Hall–Kier alpha value is -2.56. The van der Waals surface area contributed by atoms with Gasteiger partial charge in [0.25, 0.3) is 0 Å². The molecule has 186 valence electrons. The van der Waals surface area contributed by atoms with Gasteiger partial charge in [-0.05, 0) is 49.9 Å². The highest BCUT2D eigenvalue weighted by atomic mass is 35.5.